The molecule has 3 aromatic rings. The van der Waals surface area contributed by atoms with Crippen molar-refractivity contribution in [1.82, 2.24) is 0 Å². The predicted octanol–water partition coefficient (Wildman–Crippen LogP) is 3.64. The first-order valence-corrected chi connectivity index (χ1v) is 7.94. The zero-order valence-corrected chi connectivity index (χ0v) is 14.0. The lowest BCUT2D eigenvalue weighted by Gasteiger charge is -2.07. The number of aldehydes is 1. The van der Waals surface area contributed by atoms with E-state index >= 15 is 0 Å². The Bertz CT molecular complexity index is 957. The number of aromatic hydroxyl groups is 1. The van der Waals surface area contributed by atoms with Gasteiger partial charge in [0.05, 0.1) is 11.1 Å². The number of ether oxygens (including phenoxy) is 2. The van der Waals surface area contributed by atoms with Crippen LogP contribution >= 0.6 is 0 Å². The first-order chi connectivity index (χ1) is 13.0. The van der Waals surface area contributed by atoms with Crippen LogP contribution in [0.4, 0.5) is 0 Å². The number of carbonyl (C=O) groups is 3. The Morgan fingerprint density at radius 2 is 1.07 bits per heavy atom. The van der Waals surface area contributed by atoms with Crippen molar-refractivity contribution in [3.05, 3.63) is 89.5 Å². The Hall–Kier alpha value is -3.93. The molecule has 1 N–H and O–H groups in total. The van der Waals surface area contributed by atoms with Crippen molar-refractivity contribution in [3.8, 4) is 17.2 Å². The maximum atomic E-state index is 12.1. The summed E-state index contributed by atoms with van der Waals surface area (Å²) >= 11 is 0. The highest BCUT2D eigenvalue weighted by atomic mass is 16.5. The van der Waals surface area contributed by atoms with Gasteiger partial charge in [-0.25, -0.2) is 9.59 Å². The largest absolute Gasteiger partial charge is 0.508 e. The fraction of sp³-hybridized carbons (Fsp3) is 0. The Kier molecular flexibility index (Phi) is 5.28. The van der Waals surface area contributed by atoms with Gasteiger partial charge in [0.25, 0.3) is 0 Å². The van der Waals surface area contributed by atoms with Crippen LogP contribution in [0, 0.1) is 0 Å². The molecule has 3 aromatic carbocycles. The lowest BCUT2D eigenvalue weighted by atomic mass is 10.2. The molecule has 0 aliphatic heterocycles. The van der Waals surface area contributed by atoms with Crippen molar-refractivity contribution in [2.75, 3.05) is 0 Å². The molecule has 3 rings (SSSR count). The third-order valence-electron chi connectivity index (χ3n) is 3.63. The van der Waals surface area contributed by atoms with E-state index in [1.54, 1.807) is 12.1 Å². The molecular weight excluding hydrogens is 348 g/mol. The summed E-state index contributed by atoms with van der Waals surface area (Å²) in [7, 11) is 0. The van der Waals surface area contributed by atoms with Crippen LogP contribution in [0.15, 0.2) is 72.8 Å². The zero-order valence-electron chi connectivity index (χ0n) is 14.0. The van der Waals surface area contributed by atoms with Gasteiger partial charge in [-0.1, -0.05) is 0 Å². The van der Waals surface area contributed by atoms with Crippen LogP contribution in [0.25, 0.3) is 0 Å². The summed E-state index contributed by atoms with van der Waals surface area (Å²) in [6.07, 6.45) is 0.698. The van der Waals surface area contributed by atoms with E-state index in [1.807, 2.05) is 0 Å². The van der Waals surface area contributed by atoms with Crippen molar-refractivity contribution in [2.45, 2.75) is 0 Å². The maximum Gasteiger partial charge on any atom is 0.343 e. The Morgan fingerprint density at radius 3 is 1.52 bits per heavy atom. The first kappa shape index (κ1) is 17.9. The molecule has 6 nitrogen and oxygen atoms in total. The summed E-state index contributed by atoms with van der Waals surface area (Å²) < 4.78 is 10.4. The first-order valence-electron chi connectivity index (χ1n) is 7.94. The molecule has 134 valence electrons. The predicted molar refractivity (Wildman–Crippen MR) is 96.3 cm³/mol. The fourth-order valence-corrected chi connectivity index (χ4v) is 2.20. The molecule has 0 bridgehead atoms. The fourth-order valence-electron chi connectivity index (χ4n) is 2.20. The molecule has 0 saturated carbocycles. The van der Waals surface area contributed by atoms with E-state index in [0.717, 1.165) is 0 Å². The Balaban J connectivity index is 1.63. The molecule has 0 aliphatic carbocycles. The molecule has 0 amide bonds. The van der Waals surface area contributed by atoms with Crippen LogP contribution < -0.4 is 9.47 Å². The molecule has 0 unspecified atom stereocenters. The molecule has 0 saturated heterocycles. The van der Waals surface area contributed by atoms with Crippen molar-refractivity contribution in [1.29, 1.82) is 0 Å². The van der Waals surface area contributed by atoms with Crippen LogP contribution in [-0.4, -0.2) is 23.3 Å². The van der Waals surface area contributed by atoms with Crippen LogP contribution in [0.5, 0.6) is 17.2 Å². The normalized spacial score (nSPS) is 10.1. The minimum atomic E-state index is -0.583. The quantitative estimate of drug-likeness (QED) is 0.423. The lowest BCUT2D eigenvalue weighted by Crippen LogP contribution is -2.10. The minimum Gasteiger partial charge on any atom is -0.508 e. The van der Waals surface area contributed by atoms with Crippen LogP contribution in [0.1, 0.15) is 31.1 Å². The third kappa shape index (κ3) is 4.58. The lowest BCUT2D eigenvalue weighted by molar-refractivity contribution is 0.0730. The minimum absolute atomic E-state index is 0.0511. The highest BCUT2D eigenvalue weighted by Crippen LogP contribution is 2.18. The summed E-state index contributed by atoms with van der Waals surface area (Å²) in [5.74, 6) is -0.533. The summed E-state index contributed by atoms with van der Waals surface area (Å²) in [5, 5.41) is 9.23. The number of benzene rings is 3. The Morgan fingerprint density at radius 1 is 0.667 bits per heavy atom. The van der Waals surface area contributed by atoms with Crippen LogP contribution in [-0.2, 0) is 0 Å². The van der Waals surface area contributed by atoms with Crippen molar-refractivity contribution < 1.29 is 29.0 Å². The Labute approximate surface area is 154 Å². The van der Waals surface area contributed by atoms with Gasteiger partial charge < -0.3 is 14.6 Å². The summed E-state index contributed by atoms with van der Waals surface area (Å²) in [6, 6.07) is 17.7. The van der Waals surface area contributed by atoms with Crippen LogP contribution in [0.3, 0.4) is 0 Å². The molecule has 0 heterocycles. The molecule has 0 atom stereocenters. The van der Waals surface area contributed by atoms with E-state index in [2.05, 4.69) is 0 Å². The maximum absolute atomic E-state index is 12.1. The van der Waals surface area contributed by atoms with Gasteiger partial charge in [-0.05, 0) is 72.8 Å². The second-order valence-electron chi connectivity index (χ2n) is 5.54. The van der Waals surface area contributed by atoms with Crippen molar-refractivity contribution in [3.63, 3.8) is 0 Å². The molecule has 0 spiro atoms. The summed E-state index contributed by atoms with van der Waals surface area (Å²) in [6.45, 7) is 0. The topological polar surface area (TPSA) is 89.9 Å². The van der Waals surface area contributed by atoms with E-state index < -0.39 is 11.9 Å². The van der Waals surface area contributed by atoms with Gasteiger partial charge in [0.2, 0.25) is 0 Å². The number of carbonyl (C=O) groups excluding carboxylic acids is 3. The number of phenolic OH excluding ortho intramolecular Hbond substituents is 1. The number of esters is 2. The smallest absolute Gasteiger partial charge is 0.343 e. The molecule has 27 heavy (non-hydrogen) atoms. The zero-order chi connectivity index (χ0) is 19.2. The molecular formula is C21H14O6. The van der Waals surface area contributed by atoms with E-state index in [4.69, 9.17) is 9.47 Å². The SMILES string of the molecule is O=Cc1ccc(OC(=O)c2ccc(OC(=O)c3ccc(O)cc3)cc2)cc1. The highest BCUT2D eigenvalue weighted by molar-refractivity contribution is 5.92. The molecule has 0 aromatic heterocycles. The molecule has 0 fully saturated rings. The van der Waals surface area contributed by atoms with Gasteiger partial charge in [-0.3, -0.25) is 4.79 Å². The number of rotatable bonds is 5. The summed E-state index contributed by atoms with van der Waals surface area (Å²) in [5.41, 5.74) is 1.04. The number of phenols is 1. The van der Waals surface area contributed by atoms with Gasteiger partial charge in [-0.15, -0.1) is 0 Å². The van der Waals surface area contributed by atoms with E-state index in [9.17, 15) is 19.5 Å². The second kappa shape index (κ2) is 7.97. The van der Waals surface area contributed by atoms with Crippen molar-refractivity contribution in [2.24, 2.45) is 0 Å². The molecule has 6 heteroatoms. The highest BCUT2D eigenvalue weighted by Gasteiger charge is 2.11. The van der Waals surface area contributed by atoms with E-state index in [1.165, 1.54) is 60.7 Å². The average Bonchev–Trinajstić information content (AvgIpc) is 2.69. The molecule has 0 aliphatic rings. The van der Waals surface area contributed by atoms with Gasteiger partial charge in [0.15, 0.2) is 0 Å². The molecule has 0 radical (unpaired) electrons. The van der Waals surface area contributed by atoms with E-state index in [0.29, 0.717) is 17.6 Å². The average molecular weight is 362 g/mol. The van der Waals surface area contributed by atoms with Gasteiger partial charge in [-0.2, -0.15) is 0 Å². The third-order valence-corrected chi connectivity index (χ3v) is 3.63. The number of hydrogen-bond acceptors (Lipinski definition) is 6. The van der Waals surface area contributed by atoms with Gasteiger partial charge >= 0.3 is 11.9 Å². The summed E-state index contributed by atoms with van der Waals surface area (Å²) in [4.78, 5) is 34.8. The van der Waals surface area contributed by atoms with E-state index in [-0.39, 0.29) is 22.6 Å². The van der Waals surface area contributed by atoms with Crippen molar-refractivity contribution >= 4 is 18.2 Å². The second-order valence-corrected chi connectivity index (χ2v) is 5.54. The van der Waals surface area contributed by atoms with Gasteiger partial charge in [0, 0.05) is 5.56 Å². The number of hydrogen-bond donors (Lipinski definition) is 1. The standard InChI is InChI=1S/C21H14O6/c22-13-14-1-9-18(10-2-14)26-21(25)16-5-11-19(12-6-16)27-20(24)15-3-7-17(23)8-4-15/h1-13,23H. The van der Waals surface area contributed by atoms with Crippen LogP contribution in [0.2, 0.25) is 0 Å². The monoisotopic (exact) mass is 362 g/mol. The van der Waals surface area contributed by atoms with Gasteiger partial charge in [0.1, 0.15) is 23.5 Å².